The molecule has 1 atom stereocenters. The summed E-state index contributed by atoms with van der Waals surface area (Å²) in [4.78, 5) is 12.6. The van der Waals surface area contributed by atoms with E-state index in [2.05, 4.69) is 31.4 Å². The number of nitrogens with one attached hydrogen (secondary N) is 1. The summed E-state index contributed by atoms with van der Waals surface area (Å²) in [6.07, 6.45) is 5.67. The van der Waals surface area contributed by atoms with Gasteiger partial charge in [-0.15, -0.1) is 0 Å². The Morgan fingerprint density at radius 3 is 2.62 bits per heavy atom. The van der Waals surface area contributed by atoms with Crippen molar-refractivity contribution in [1.82, 2.24) is 19.6 Å². The summed E-state index contributed by atoms with van der Waals surface area (Å²) in [7, 11) is 0. The van der Waals surface area contributed by atoms with Crippen molar-refractivity contribution in [3.63, 3.8) is 0 Å². The van der Waals surface area contributed by atoms with Crippen molar-refractivity contribution in [2.75, 3.05) is 5.32 Å². The van der Waals surface area contributed by atoms with Gasteiger partial charge in [0.2, 0.25) is 5.91 Å². The lowest BCUT2D eigenvalue weighted by atomic mass is 10.2. The number of nitrogens with zero attached hydrogens (tertiary/aromatic N) is 4. The van der Waals surface area contributed by atoms with Crippen LogP contribution in [0.15, 0.2) is 47.3 Å². The lowest BCUT2D eigenvalue weighted by Crippen LogP contribution is -2.26. The molecule has 0 aliphatic heterocycles. The molecule has 2 aromatic heterocycles. The summed E-state index contributed by atoms with van der Waals surface area (Å²) in [6, 6.07) is 7.02. The number of carbonyl (C=O) groups is 1. The molecule has 1 aromatic carbocycles. The molecule has 3 rings (SSSR count). The summed E-state index contributed by atoms with van der Waals surface area (Å²) >= 11 is 15.5. The van der Waals surface area contributed by atoms with Crippen LogP contribution in [0.4, 0.5) is 5.82 Å². The molecule has 9 heteroatoms. The van der Waals surface area contributed by atoms with Crippen molar-refractivity contribution in [1.29, 1.82) is 0 Å². The zero-order chi connectivity index (χ0) is 18.7. The van der Waals surface area contributed by atoms with Crippen LogP contribution >= 0.6 is 39.1 Å². The molecule has 26 heavy (non-hydrogen) atoms. The van der Waals surface area contributed by atoms with Crippen LogP contribution in [0, 0.1) is 0 Å². The van der Waals surface area contributed by atoms with Gasteiger partial charge in [0.25, 0.3) is 0 Å². The van der Waals surface area contributed by atoms with Gasteiger partial charge in [-0.25, -0.2) is 0 Å². The molecule has 0 aliphatic rings. The Balaban J connectivity index is 1.72. The van der Waals surface area contributed by atoms with Gasteiger partial charge in [0.05, 0.1) is 17.2 Å². The number of benzene rings is 1. The fourth-order valence-corrected chi connectivity index (χ4v) is 3.14. The summed E-state index contributed by atoms with van der Waals surface area (Å²) < 4.78 is 4.10. The minimum absolute atomic E-state index is 0.221. The smallest absolute Gasteiger partial charge is 0.250 e. The van der Waals surface area contributed by atoms with E-state index in [1.165, 1.54) is 0 Å². The maximum absolute atomic E-state index is 12.6. The first-order valence-electron chi connectivity index (χ1n) is 7.94. The van der Waals surface area contributed by atoms with Gasteiger partial charge in [-0.05, 0) is 40.0 Å². The van der Waals surface area contributed by atoms with Gasteiger partial charge in [0.1, 0.15) is 11.1 Å². The number of carbonyl (C=O) groups excluding carboxylic acids is 1. The van der Waals surface area contributed by atoms with Crippen LogP contribution in [0.2, 0.25) is 10.0 Å². The average Bonchev–Trinajstić information content (AvgIpc) is 3.17. The van der Waals surface area contributed by atoms with Gasteiger partial charge in [0.15, 0.2) is 5.82 Å². The molecule has 136 valence electrons. The molecule has 0 saturated carbocycles. The molecule has 0 spiro atoms. The molecule has 1 N–H and O–H groups in total. The molecule has 0 radical (unpaired) electrons. The minimum Gasteiger partial charge on any atom is -0.306 e. The maximum atomic E-state index is 12.6. The normalized spacial score (nSPS) is 12.2. The molecular weight excluding hydrogens is 441 g/mol. The van der Waals surface area contributed by atoms with E-state index in [9.17, 15) is 4.79 Å². The maximum Gasteiger partial charge on any atom is 0.250 e. The monoisotopic (exact) mass is 455 g/mol. The average molecular weight is 457 g/mol. The Labute approximate surface area is 169 Å². The summed E-state index contributed by atoms with van der Waals surface area (Å²) in [5.74, 6) is 0.108. The standard InChI is InChI=1S/C17H16BrCl2N5O/c1-2-15(25-9-12(18)7-21-25)17(26)22-16-14(20)10-24(23-16)8-11-3-5-13(19)6-4-11/h3-7,9-10,15H,2,8H2,1H3,(H,22,23,26). The van der Waals surface area contributed by atoms with E-state index in [1.807, 2.05) is 31.2 Å². The fourth-order valence-electron chi connectivity index (χ4n) is 2.52. The predicted molar refractivity (Wildman–Crippen MR) is 106 cm³/mol. The van der Waals surface area contributed by atoms with Crippen molar-refractivity contribution >= 4 is 50.9 Å². The van der Waals surface area contributed by atoms with Gasteiger partial charge >= 0.3 is 0 Å². The summed E-state index contributed by atoms with van der Waals surface area (Å²) in [5.41, 5.74) is 1.03. The van der Waals surface area contributed by atoms with Crippen molar-refractivity contribution in [2.45, 2.75) is 25.9 Å². The molecule has 3 aromatic rings. The van der Waals surface area contributed by atoms with Gasteiger partial charge in [0, 0.05) is 17.4 Å². The van der Waals surface area contributed by atoms with E-state index >= 15 is 0 Å². The molecule has 1 unspecified atom stereocenters. The SMILES string of the molecule is CCC(C(=O)Nc1nn(Cc2ccc(Cl)cc2)cc1Cl)n1cc(Br)cn1. The fraction of sp³-hybridized carbons (Fsp3) is 0.235. The summed E-state index contributed by atoms with van der Waals surface area (Å²) in [5, 5.41) is 12.4. The lowest BCUT2D eigenvalue weighted by Gasteiger charge is -2.14. The second-order valence-corrected chi connectivity index (χ2v) is 7.46. The van der Waals surface area contributed by atoms with E-state index in [1.54, 1.807) is 28.0 Å². The van der Waals surface area contributed by atoms with Crippen LogP contribution in [0.3, 0.4) is 0 Å². The Hall–Kier alpha value is -1.83. The molecule has 0 bridgehead atoms. The molecule has 0 fully saturated rings. The molecular formula is C17H16BrCl2N5O. The van der Waals surface area contributed by atoms with Crippen LogP contribution in [-0.2, 0) is 11.3 Å². The highest BCUT2D eigenvalue weighted by Gasteiger charge is 2.21. The third kappa shape index (κ3) is 4.47. The van der Waals surface area contributed by atoms with E-state index in [0.29, 0.717) is 28.8 Å². The number of anilines is 1. The molecule has 1 amide bonds. The van der Waals surface area contributed by atoms with E-state index in [4.69, 9.17) is 23.2 Å². The quantitative estimate of drug-likeness (QED) is 0.580. The third-order valence-electron chi connectivity index (χ3n) is 3.80. The number of rotatable bonds is 6. The second kappa shape index (κ2) is 8.24. The number of amides is 1. The first kappa shape index (κ1) is 18.9. The van der Waals surface area contributed by atoms with Crippen molar-refractivity contribution in [3.05, 3.63) is 62.9 Å². The number of halogens is 3. The molecule has 6 nitrogen and oxygen atoms in total. The van der Waals surface area contributed by atoms with Gasteiger partial charge < -0.3 is 5.32 Å². The summed E-state index contributed by atoms with van der Waals surface area (Å²) in [6.45, 7) is 2.44. The van der Waals surface area contributed by atoms with Crippen LogP contribution in [0.1, 0.15) is 24.9 Å². The Kier molecular flexibility index (Phi) is 6.01. The van der Waals surface area contributed by atoms with Crippen LogP contribution in [-0.4, -0.2) is 25.5 Å². The number of hydrogen-bond donors (Lipinski definition) is 1. The van der Waals surface area contributed by atoms with E-state index in [-0.39, 0.29) is 5.91 Å². The Bertz CT molecular complexity index is 906. The van der Waals surface area contributed by atoms with Crippen LogP contribution in [0.5, 0.6) is 0 Å². The predicted octanol–water partition coefficient (Wildman–Crippen LogP) is 4.79. The van der Waals surface area contributed by atoms with E-state index < -0.39 is 6.04 Å². The lowest BCUT2D eigenvalue weighted by molar-refractivity contribution is -0.119. The van der Waals surface area contributed by atoms with Gasteiger partial charge in [-0.1, -0.05) is 42.3 Å². The highest BCUT2D eigenvalue weighted by molar-refractivity contribution is 9.10. The van der Waals surface area contributed by atoms with E-state index in [0.717, 1.165) is 10.0 Å². The third-order valence-corrected chi connectivity index (χ3v) is 4.73. The zero-order valence-electron chi connectivity index (χ0n) is 13.9. The van der Waals surface area contributed by atoms with Crippen molar-refractivity contribution < 1.29 is 4.79 Å². The zero-order valence-corrected chi connectivity index (χ0v) is 17.0. The van der Waals surface area contributed by atoms with Crippen molar-refractivity contribution in [2.24, 2.45) is 0 Å². The first-order valence-corrected chi connectivity index (χ1v) is 9.49. The molecule has 2 heterocycles. The van der Waals surface area contributed by atoms with Gasteiger partial charge in [-0.3, -0.25) is 14.2 Å². The molecule has 0 aliphatic carbocycles. The van der Waals surface area contributed by atoms with Crippen LogP contribution < -0.4 is 5.32 Å². The number of aromatic nitrogens is 4. The minimum atomic E-state index is -0.446. The topological polar surface area (TPSA) is 64.7 Å². The van der Waals surface area contributed by atoms with Gasteiger partial charge in [-0.2, -0.15) is 10.2 Å². The first-order chi connectivity index (χ1) is 12.5. The Morgan fingerprint density at radius 1 is 1.27 bits per heavy atom. The highest BCUT2D eigenvalue weighted by atomic mass is 79.9. The Morgan fingerprint density at radius 2 is 2.00 bits per heavy atom. The van der Waals surface area contributed by atoms with Crippen molar-refractivity contribution in [3.8, 4) is 0 Å². The largest absolute Gasteiger partial charge is 0.306 e. The molecule has 0 saturated heterocycles. The highest BCUT2D eigenvalue weighted by Crippen LogP contribution is 2.23. The second-order valence-electron chi connectivity index (χ2n) is 5.70. The number of hydrogen-bond acceptors (Lipinski definition) is 3. The van der Waals surface area contributed by atoms with Crippen LogP contribution in [0.25, 0.3) is 0 Å².